The highest BCUT2D eigenvalue weighted by Crippen LogP contribution is 2.33. The van der Waals surface area contributed by atoms with E-state index in [4.69, 9.17) is 0 Å². The minimum atomic E-state index is -4.66. The van der Waals surface area contributed by atoms with E-state index in [0.29, 0.717) is 16.5 Å². The van der Waals surface area contributed by atoms with Gasteiger partial charge in [0.05, 0.1) is 0 Å². The molecule has 108 valence electrons. The van der Waals surface area contributed by atoms with Gasteiger partial charge >= 0.3 is 0 Å². The topological polar surface area (TPSA) is 126 Å². The molecule has 0 saturated heterocycles. The molecule has 0 amide bonds. The molecule has 0 aliphatic carbocycles. The summed E-state index contributed by atoms with van der Waals surface area (Å²) in [6.07, 6.45) is -1.20. The molecule has 2 rings (SSSR count). The zero-order valence-corrected chi connectivity index (χ0v) is 12.0. The van der Waals surface area contributed by atoms with Crippen molar-refractivity contribution >= 4 is 26.0 Å². The lowest BCUT2D eigenvalue weighted by molar-refractivity contribution is -0.316. The normalized spacial score (nSPS) is 12.8. The van der Waals surface area contributed by atoms with Gasteiger partial charge in [-0.1, -0.05) is 51.6 Å². The summed E-state index contributed by atoms with van der Waals surface area (Å²) in [6, 6.07) is 9.33. The molecule has 0 atom stereocenters. The molecule has 6 nitrogen and oxygen atoms in total. The Morgan fingerprint density at radius 2 is 1.10 bits per heavy atom. The second-order valence-electron chi connectivity index (χ2n) is 4.55. The minimum Gasteiger partial charge on any atom is -0.810 e. The third-order valence-electron chi connectivity index (χ3n) is 2.72. The first-order chi connectivity index (χ1) is 9.12. The third kappa shape index (κ3) is 4.53. The summed E-state index contributed by atoms with van der Waals surface area (Å²) in [7, 11) is -9.31. The molecule has 0 spiro atoms. The molecular formula is C12H10O6P2-4. The molecule has 20 heavy (non-hydrogen) atoms. The van der Waals surface area contributed by atoms with Crippen molar-refractivity contribution in [1.29, 1.82) is 0 Å². The molecule has 0 bridgehead atoms. The summed E-state index contributed by atoms with van der Waals surface area (Å²) in [4.78, 5) is 43.0. The molecule has 0 N–H and O–H groups in total. The second kappa shape index (κ2) is 5.41. The maximum atomic E-state index is 10.7. The van der Waals surface area contributed by atoms with Crippen molar-refractivity contribution in [2.24, 2.45) is 0 Å². The summed E-state index contributed by atoms with van der Waals surface area (Å²) >= 11 is 0. The van der Waals surface area contributed by atoms with Gasteiger partial charge in [0, 0.05) is 12.3 Å². The van der Waals surface area contributed by atoms with Crippen molar-refractivity contribution in [3.05, 3.63) is 47.5 Å². The first kappa shape index (κ1) is 15.4. The smallest absolute Gasteiger partial charge is 0.000244 e. The standard InChI is InChI=1S/C12H14O6P2/c13-19(14,15)7-9-1-3-11-4-2-10(6-12(11)5-9)8-20(16,17)18/h1-6H,7-8H2,(H2,13,14,15)(H2,16,17,18)/p-4. The van der Waals surface area contributed by atoms with Crippen molar-refractivity contribution in [2.75, 3.05) is 0 Å². The number of rotatable bonds is 4. The number of hydrogen-bond donors (Lipinski definition) is 0. The summed E-state index contributed by atoms with van der Waals surface area (Å²) in [5.74, 6) is 0. The summed E-state index contributed by atoms with van der Waals surface area (Å²) in [5.41, 5.74) is 0.658. The van der Waals surface area contributed by atoms with Gasteiger partial charge in [0.25, 0.3) is 0 Å². The quantitative estimate of drug-likeness (QED) is 0.711. The Kier molecular flexibility index (Phi) is 4.17. The Balaban J connectivity index is 2.39. The molecule has 2 aromatic rings. The summed E-state index contributed by atoms with van der Waals surface area (Å²) in [6.45, 7) is 0. The monoisotopic (exact) mass is 312 g/mol. The Morgan fingerprint density at radius 3 is 1.45 bits per heavy atom. The Labute approximate surface area is 115 Å². The summed E-state index contributed by atoms with van der Waals surface area (Å²) < 4.78 is 21.5. The van der Waals surface area contributed by atoms with Gasteiger partial charge < -0.3 is 28.7 Å². The first-order valence-electron chi connectivity index (χ1n) is 5.66. The zero-order chi connectivity index (χ0) is 15.0. The average molecular weight is 312 g/mol. The van der Waals surface area contributed by atoms with E-state index in [0.717, 1.165) is 5.39 Å². The fourth-order valence-electron chi connectivity index (χ4n) is 1.99. The predicted molar refractivity (Wildman–Crippen MR) is 66.6 cm³/mol. The molecule has 0 fully saturated rings. The van der Waals surface area contributed by atoms with E-state index in [1.54, 1.807) is 12.1 Å². The van der Waals surface area contributed by atoms with Crippen LogP contribution in [0.15, 0.2) is 36.4 Å². The van der Waals surface area contributed by atoms with E-state index in [2.05, 4.69) is 0 Å². The van der Waals surface area contributed by atoms with Gasteiger partial charge in [-0.05, 0) is 21.9 Å². The largest absolute Gasteiger partial charge is 0.810 e. The van der Waals surface area contributed by atoms with Gasteiger partial charge in [0.1, 0.15) is 0 Å². The number of benzene rings is 2. The van der Waals surface area contributed by atoms with Crippen LogP contribution in [0.4, 0.5) is 0 Å². The van der Waals surface area contributed by atoms with E-state index in [9.17, 15) is 28.7 Å². The zero-order valence-electron chi connectivity index (χ0n) is 10.2. The van der Waals surface area contributed by atoms with Crippen LogP contribution in [0, 0.1) is 0 Å². The van der Waals surface area contributed by atoms with Crippen LogP contribution < -0.4 is 19.6 Å². The van der Waals surface area contributed by atoms with E-state index in [-0.39, 0.29) is 0 Å². The number of hydrogen-bond acceptors (Lipinski definition) is 6. The van der Waals surface area contributed by atoms with Crippen LogP contribution >= 0.6 is 15.2 Å². The lowest BCUT2D eigenvalue weighted by atomic mass is 10.1. The van der Waals surface area contributed by atoms with E-state index < -0.39 is 27.5 Å². The van der Waals surface area contributed by atoms with Crippen LogP contribution in [-0.2, 0) is 21.5 Å². The summed E-state index contributed by atoms with van der Waals surface area (Å²) in [5, 5.41) is 1.35. The lowest BCUT2D eigenvalue weighted by Crippen LogP contribution is -2.15. The lowest BCUT2D eigenvalue weighted by Gasteiger charge is -2.30. The first-order valence-corrected chi connectivity index (χ1v) is 9.12. The van der Waals surface area contributed by atoms with Crippen LogP contribution in [0.25, 0.3) is 10.8 Å². The van der Waals surface area contributed by atoms with Crippen LogP contribution in [0.3, 0.4) is 0 Å². The van der Waals surface area contributed by atoms with Gasteiger partial charge in [0.2, 0.25) is 0 Å². The highest BCUT2D eigenvalue weighted by Gasteiger charge is 2.02. The molecule has 0 aromatic heterocycles. The SMILES string of the molecule is O=P([O-])([O-])Cc1ccc2ccc(CP(=O)([O-])[O-])cc2c1. The molecule has 2 aromatic carbocycles. The Bertz CT molecular complexity index is 671. The molecule has 0 saturated carbocycles. The molecule has 0 heterocycles. The van der Waals surface area contributed by atoms with Crippen molar-refractivity contribution < 1.29 is 28.7 Å². The highest BCUT2D eigenvalue weighted by atomic mass is 31.2. The number of fused-ring (bicyclic) bond motifs is 1. The van der Waals surface area contributed by atoms with Crippen molar-refractivity contribution in [1.82, 2.24) is 0 Å². The fraction of sp³-hybridized carbons (Fsp3) is 0.167. The van der Waals surface area contributed by atoms with Crippen LogP contribution in [0.1, 0.15) is 11.1 Å². The van der Waals surface area contributed by atoms with Crippen molar-refractivity contribution in [3.8, 4) is 0 Å². The van der Waals surface area contributed by atoms with Gasteiger partial charge in [-0.15, -0.1) is 0 Å². The van der Waals surface area contributed by atoms with Crippen molar-refractivity contribution in [2.45, 2.75) is 12.3 Å². The maximum Gasteiger partial charge on any atom is 0.000244 e. The van der Waals surface area contributed by atoms with Crippen LogP contribution in [0.5, 0.6) is 0 Å². The molecule has 8 heteroatoms. The van der Waals surface area contributed by atoms with Crippen molar-refractivity contribution in [3.63, 3.8) is 0 Å². The molecule has 0 aliphatic rings. The molecule has 0 unspecified atom stereocenters. The van der Waals surface area contributed by atoms with Gasteiger partial charge in [-0.2, -0.15) is 0 Å². The molecule has 0 radical (unpaired) electrons. The van der Waals surface area contributed by atoms with Gasteiger partial charge in [0.15, 0.2) is 0 Å². The van der Waals surface area contributed by atoms with Crippen LogP contribution in [0.2, 0.25) is 0 Å². The Morgan fingerprint density at radius 1 is 0.700 bits per heavy atom. The van der Waals surface area contributed by atoms with Gasteiger partial charge in [-0.25, -0.2) is 0 Å². The Hall–Kier alpha value is -1.00. The van der Waals surface area contributed by atoms with Gasteiger partial charge in [-0.3, -0.25) is 0 Å². The van der Waals surface area contributed by atoms with E-state index in [1.165, 1.54) is 24.3 Å². The highest BCUT2D eigenvalue weighted by molar-refractivity contribution is 7.48. The van der Waals surface area contributed by atoms with E-state index >= 15 is 0 Å². The maximum absolute atomic E-state index is 10.7. The van der Waals surface area contributed by atoms with Crippen LogP contribution in [-0.4, -0.2) is 0 Å². The minimum absolute atomic E-state index is 0.329. The average Bonchev–Trinajstić information content (AvgIpc) is 2.23. The fourth-order valence-corrected chi connectivity index (χ4v) is 3.28. The van der Waals surface area contributed by atoms with E-state index in [1.807, 2.05) is 0 Å². The second-order valence-corrected chi connectivity index (χ2v) is 7.63. The molecule has 0 aliphatic heterocycles. The predicted octanol–water partition coefficient (Wildman–Crippen LogP) is -0.333. The third-order valence-corrected chi connectivity index (χ3v) is 4.23. The molecular weight excluding hydrogens is 302 g/mol.